The fourth-order valence-electron chi connectivity index (χ4n) is 1.04. The van der Waals surface area contributed by atoms with Crippen molar-refractivity contribution in [3.05, 3.63) is 30.4 Å². The molecule has 2 aromatic rings. The summed E-state index contributed by atoms with van der Waals surface area (Å²) in [5.41, 5.74) is 0. The van der Waals surface area contributed by atoms with Gasteiger partial charge in [-0.1, -0.05) is 9.24 Å². The number of rotatable bonds is 3. The molecule has 0 aliphatic rings. The van der Waals surface area contributed by atoms with Crippen molar-refractivity contribution >= 4 is 20.9 Å². The summed E-state index contributed by atoms with van der Waals surface area (Å²) in [6.07, 6.45) is 3.11. The van der Waals surface area contributed by atoms with E-state index < -0.39 is 5.91 Å². The molecule has 0 spiro atoms. The molecule has 2 rings (SSSR count). The second-order valence-corrected chi connectivity index (χ2v) is 3.38. The van der Waals surface area contributed by atoms with E-state index in [0.717, 1.165) is 0 Å². The van der Waals surface area contributed by atoms with Crippen molar-refractivity contribution in [3.8, 4) is 0 Å². The van der Waals surface area contributed by atoms with Crippen LogP contribution in [0.1, 0.15) is 11.7 Å². The molecule has 0 aliphatic heterocycles. The molecule has 0 fully saturated rings. The van der Waals surface area contributed by atoms with Gasteiger partial charge in [0, 0.05) is 12.3 Å². The number of halogens is 1. The predicted molar refractivity (Wildman–Crippen MR) is 57.5 cm³/mol. The Morgan fingerprint density at radius 2 is 2.27 bits per heavy atom. The molecule has 2 heterocycles. The van der Waals surface area contributed by atoms with Crippen molar-refractivity contribution in [3.63, 3.8) is 0 Å². The van der Waals surface area contributed by atoms with Crippen LogP contribution in [0.3, 0.4) is 0 Å². The highest BCUT2D eigenvalue weighted by Gasteiger charge is 2.07. The molecule has 0 aromatic carbocycles. The molecule has 0 bridgehead atoms. The summed E-state index contributed by atoms with van der Waals surface area (Å²) in [4.78, 5) is 7.78. The molecular formula is C8H9FN5P. The number of hydrogen-bond acceptors (Lipinski definition) is 4. The van der Waals surface area contributed by atoms with Crippen LogP contribution < -0.4 is 5.32 Å². The molecular weight excluding hydrogens is 216 g/mol. The van der Waals surface area contributed by atoms with Crippen molar-refractivity contribution < 1.29 is 4.39 Å². The number of hydrogen-bond donors (Lipinski definition) is 2. The molecule has 78 valence electrons. The van der Waals surface area contributed by atoms with Crippen LogP contribution >= 0.6 is 9.24 Å². The van der Waals surface area contributed by atoms with Gasteiger partial charge in [-0.15, -0.1) is 0 Å². The molecule has 2 aromatic heterocycles. The monoisotopic (exact) mass is 225 g/mol. The Hall–Kier alpha value is -1.55. The second kappa shape index (κ2) is 4.31. The number of H-pyrrole nitrogens is 1. The summed E-state index contributed by atoms with van der Waals surface area (Å²) in [5, 5.41) is 9.41. The number of nitrogens with one attached hydrogen (secondary N) is 2. The lowest BCUT2D eigenvalue weighted by Crippen LogP contribution is -1.99. The molecule has 0 radical (unpaired) electrons. The first-order valence-corrected chi connectivity index (χ1v) is 4.91. The van der Waals surface area contributed by atoms with Crippen molar-refractivity contribution in [2.45, 2.75) is 5.91 Å². The quantitative estimate of drug-likeness (QED) is 0.781. The van der Waals surface area contributed by atoms with Crippen LogP contribution in [0.2, 0.25) is 0 Å². The third-order valence-corrected chi connectivity index (χ3v) is 1.98. The molecule has 15 heavy (non-hydrogen) atoms. The molecule has 0 saturated carbocycles. The van der Waals surface area contributed by atoms with Crippen LogP contribution in [0.25, 0.3) is 0 Å². The molecule has 5 nitrogen and oxygen atoms in total. The first kappa shape index (κ1) is 9.98. The fourth-order valence-corrected chi connectivity index (χ4v) is 1.20. The van der Waals surface area contributed by atoms with Gasteiger partial charge >= 0.3 is 0 Å². The topological polar surface area (TPSA) is 66.5 Å². The Morgan fingerprint density at radius 3 is 2.93 bits per heavy atom. The van der Waals surface area contributed by atoms with E-state index in [9.17, 15) is 4.39 Å². The van der Waals surface area contributed by atoms with E-state index in [1.54, 1.807) is 18.3 Å². The van der Waals surface area contributed by atoms with Gasteiger partial charge in [0.2, 0.25) is 0 Å². The molecule has 2 N–H and O–H groups in total. The molecule has 0 aliphatic carbocycles. The molecule has 7 heteroatoms. The first-order chi connectivity index (χ1) is 7.25. The lowest BCUT2D eigenvalue weighted by atomic mass is 10.5. The predicted octanol–water partition coefficient (Wildman–Crippen LogP) is 1.79. The first-order valence-electron chi connectivity index (χ1n) is 4.25. The number of anilines is 2. The Balaban J connectivity index is 2.18. The van der Waals surface area contributed by atoms with Gasteiger partial charge in [-0.2, -0.15) is 5.10 Å². The van der Waals surface area contributed by atoms with E-state index in [4.69, 9.17) is 0 Å². The van der Waals surface area contributed by atoms with Gasteiger partial charge in [-0.25, -0.2) is 14.4 Å². The third-order valence-electron chi connectivity index (χ3n) is 1.68. The normalized spacial score (nSPS) is 12.4. The average molecular weight is 225 g/mol. The Kier molecular flexibility index (Phi) is 2.87. The summed E-state index contributed by atoms with van der Waals surface area (Å²) in [6, 6.07) is 3.40. The number of aromatic nitrogens is 4. The average Bonchev–Trinajstić information content (AvgIpc) is 2.71. The summed E-state index contributed by atoms with van der Waals surface area (Å²) in [6.45, 7) is 0. The lowest BCUT2D eigenvalue weighted by Gasteiger charge is -2.04. The van der Waals surface area contributed by atoms with Crippen LogP contribution in [-0.4, -0.2) is 20.2 Å². The van der Waals surface area contributed by atoms with E-state index in [1.165, 1.54) is 6.20 Å². The van der Waals surface area contributed by atoms with Gasteiger partial charge in [0.1, 0.15) is 11.6 Å². The van der Waals surface area contributed by atoms with Gasteiger partial charge < -0.3 is 5.32 Å². The van der Waals surface area contributed by atoms with E-state index in [0.29, 0.717) is 11.6 Å². The zero-order chi connectivity index (χ0) is 10.7. The Morgan fingerprint density at radius 1 is 1.40 bits per heavy atom. The molecule has 0 amide bonds. The minimum absolute atomic E-state index is 0.129. The van der Waals surface area contributed by atoms with Crippen LogP contribution in [0.4, 0.5) is 16.0 Å². The maximum absolute atomic E-state index is 12.9. The zero-order valence-electron chi connectivity index (χ0n) is 7.68. The van der Waals surface area contributed by atoms with Gasteiger partial charge in [-0.05, 0) is 6.07 Å². The largest absolute Gasteiger partial charge is 0.325 e. The van der Waals surface area contributed by atoms with Crippen molar-refractivity contribution in [2.24, 2.45) is 0 Å². The second-order valence-electron chi connectivity index (χ2n) is 2.80. The highest BCUT2D eigenvalue weighted by atomic mass is 31.0. The Bertz CT molecular complexity index is 430. The van der Waals surface area contributed by atoms with Gasteiger partial charge in [-0.3, -0.25) is 5.10 Å². The standard InChI is InChI=1S/C8H9FN5P/c9-7(15)8-10-3-1-5(13-8)12-6-2-4-11-14-6/h1-4,7H,15H2,(H2,10,11,12,13,14). The van der Waals surface area contributed by atoms with Crippen molar-refractivity contribution in [2.75, 3.05) is 5.32 Å². The minimum atomic E-state index is -1.26. The summed E-state index contributed by atoms with van der Waals surface area (Å²) < 4.78 is 12.9. The van der Waals surface area contributed by atoms with Crippen LogP contribution in [0, 0.1) is 0 Å². The molecule has 2 atom stereocenters. The minimum Gasteiger partial charge on any atom is -0.325 e. The van der Waals surface area contributed by atoms with Gasteiger partial charge in [0.15, 0.2) is 11.7 Å². The smallest absolute Gasteiger partial charge is 0.172 e. The summed E-state index contributed by atoms with van der Waals surface area (Å²) >= 11 is 0. The maximum atomic E-state index is 12.9. The van der Waals surface area contributed by atoms with Crippen molar-refractivity contribution in [1.82, 2.24) is 20.2 Å². The van der Waals surface area contributed by atoms with Crippen LogP contribution in [0.15, 0.2) is 24.5 Å². The highest BCUT2D eigenvalue weighted by Crippen LogP contribution is 2.21. The van der Waals surface area contributed by atoms with E-state index >= 15 is 0 Å². The Labute approximate surface area is 87.7 Å². The van der Waals surface area contributed by atoms with Gasteiger partial charge in [0.25, 0.3) is 0 Å². The SMILES string of the molecule is FC(P)c1nccc(Nc2ccn[nH]2)n1. The number of alkyl halides is 1. The van der Waals surface area contributed by atoms with E-state index in [1.807, 2.05) is 9.24 Å². The zero-order valence-corrected chi connectivity index (χ0v) is 8.84. The van der Waals surface area contributed by atoms with E-state index in [-0.39, 0.29) is 5.82 Å². The lowest BCUT2D eigenvalue weighted by molar-refractivity contribution is 0.449. The molecule has 2 unspecified atom stereocenters. The van der Waals surface area contributed by atoms with E-state index in [2.05, 4.69) is 25.5 Å². The summed E-state index contributed by atoms with van der Waals surface area (Å²) in [7, 11) is 2.00. The van der Waals surface area contributed by atoms with Crippen LogP contribution in [-0.2, 0) is 0 Å². The number of aromatic amines is 1. The molecule has 0 saturated heterocycles. The summed E-state index contributed by atoms with van der Waals surface area (Å²) in [5.74, 6) is 0.0891. The fraction of sp³-hybridized carbons (Fsp3) is 0.125. The van der Waals surface area contributed by atoms with Crippen LogP contribution in [0.5, 0.6) is 0 Å². The van der Waals surface area contributed by atoms with Crippen molar-refractivity contribution in [1.29, 1.82) is 0 Å². The van der Waals surface area contributed by atoms with Gasteiger partial charge in [0.05, 0.1) is 6.20 Å². The number of nitrogens with zero attached hydrogens (tertiary/aromatic N) is 3. The highest BCUT2D eigenvalue weighted by molar-refractivity contribution is 7.16. The third kappa shape index (κ3) is 2.47. The maximum Gasteiger partial charge on any atom is 0.172 e.